The molecule has 0 spiro atoms. The first-order valence-electron chi connectivity index (χ1n) is 4.94. The molecule has 0 aliphatic heterocycles. The summed E-state index contributed by atoms with van der Waals surface area (Å²) in [4.78, 5) is 4.16. The third-order valence-corrected chi connectivity index (χ3v) is 3.39. The molecule has 0 atom stereocenters. The normalized spacial score (nSPS) is 18.3. The predicted molar refractivity (Wildman–Crippen MR) is 63.5 cm³/mol. The molecule has 3 N–H and O–H groups in total. The van der Waals surface area contributed by atoms with Crippen molar-refractivity contribution in [1.82, 2.24) is 4.98 Å². The minimum absolute atomic E-state index is 0.00945. The van der Waals surface area contributed by atoms with Crippen molar-refractivity contribution in [2.24, 2.45) is 5.73 Å². The number of nitrogens with two attached hydrogens (primary N) is 1. The molecule has 15 heavy (non-hydrogen) atoms. The van der Waals surface area contributed by atoms with Gasteiger partial charge in [-0.1, -0.05) is 23.2 Å². The molecule has 0 saturated heterocycles. The standard InChI is InChI=1S/C10H13Cl2N3/c11-7-4-8(12)9(14-5-7)15-10(6-13)2-1-3-10/h4-5H,1-3,6,13H2,(H,14,15). The monoisotopic (exact) mass is 245 g/mol. The highest BCUT2D eigenvalue weighted by Crippen LogP contribution is 2.35. The van der Waals surface area contributed by atoms with Crippen LogP contribution in [0, 0.1) is 0 Å². The first-order valence-corrected chi connectivity index (χ1v) is 5.70. The first-order chi connectivity index (χ1) is 7.15. The molecule has 0 radical (unpaired) electrons. The van der Waals surface area contributed by atoms with E-state index < -0.39 is 0 Å². The van der Waals surface area contributed by atoms with Gasteiger partial charge in [0.15, 0.2) is 0 Å². The molecule has 1 aliphatic carbocycles. The van der Waals surface area contributed by atoms with Crippen molar-refractivity contribution in [1.29, 1.82) is 0 Å². The lowest BCUT2D eigenvalue weighted by Crippen LogP contribution is -2.51. The highest BCUT2D eigenvalue weighted by molar-refractivity contribution is 6.35. The van der Waals surface area contributed by atoms with Crippen molar-refractivity contribution in [3.05, 3.63) is 22.3 Å². The van der Waals surface area contributed by atoms with E-state index in [9.17, 15) is 0 Å². The molecule has 0 aromatic carbocycles. The van der Waals surface area contributed by atoms with Gasteiger partial charge in [0.1, 0.15) is 5.82 Å². The van der Waals surface area contributed by atoms with Gasteiger partial charge in [-0.05, 0) is 25.3 Å². The van der Waals surface area contributed by atoms with Gasteiger partial charge < -0.3 is 11.1 Å². The van der Waals surface area contributed by atoms with E-state index in [4.69, 9.17) is 28.9 Å². The summed E-state index contributed by atoms with van der Waals surface area (Å²) in [7, 11) is 0. The van der Waals surface area contributed by atoms with Gasteiger partial charge in [0.05, 0.1) is 15.6 Å². The van der Waals surface area contributed by atoms with E-state index in [0.29, 0.717) is 22.4 Å². The van der Waals surface area contributed by atoms with Crippen LogP contribution in [0.2, 0.25) is 10.0 Å². The van der Waals surface area contributed by atoms with Crippen molar-refractivity contribution in [3.63, 3.8) is 0 Å². The number of rotatable bonds is 3. The lowest BCUT2D eigenvalue weighted by atomic mass is 9.77. The Morgan fingerprint density at radius 3 is 2.67 bits per heavy atom. The second kappa shape index (κ2) is 4.16. The van der Waals surface area contributed by atoms with E-state index in [-0.39, 0.29) is 5.54 Å². The van der Waals surface area contributed by atoms with E-state index >= 15 is 0 Å². The summed E-state index contributed by atoms with van der Waals surface area (Å²) in [6.07, 6.45) is 4.93. The van der Waals surface area contributed by atoms with Crippen LogP contribution < -0.4 is 11.1 Å². The molecule has 1 saturated carbocycles. The summed E-state index contributed by atoms with van der Waals surface area (Å²) in [6.45, 7) is 0.605. The first kappa shape index (κ1) is 11.0. The summed E-state index contributed by atoms with van der Waals surface area (Å²) < 4.78 is 0. The molecular formula is C10H13Cl2N3. The Bertz CT molecular complexity index is 358. The second-order valence-electron chi connectivity index (χ2n) is 3.95. The zero-order valence-corrected chi connectivity index (χ0v) is 9.78. The van der Waals surface area contributed by atoms with Crippen LogP contribution in [0.4, 0.5) is 5.82 Å². The number of hydrogen-bond acceptors (Lipinski definition) is 3. The van der Waals surface area contributed by atoms with Crippen LogP contribution in [0.25, 0.3) is 0 Å². The smallest absolute Gasteiger partial charge is 0.145 e. The van der Waals surface area contributed by atoms with Crippen LogP contribution in [0.3, 0.4) is 0 Å². The van der Waals surface area contributed by atoms with E-state index in [1.165, 1.54) is 6.42 Å². The molecular weight excluding hydrogens is 233 g/mol. The lowest BCUT2D eigenvalue weighted by molar-refractivity contribution is 0.286. The average molecular weight is 246 g/mol. The Labute approximate surface area is 99.0 Å². The van der Waals surface area contributed by atoms with Gasteiger partial charge in [0, 0.05) is 12.7 Å². The van der Waals surface area contributed by atoms with Gasteiger partial charge in [0.25, 0.3) is 0 Å². The largest absolute Gasteiger partial charge is 0.362 e. The van der Waals surface area contributed by atoms with Crippen LogP contribution in [0.1, 0.15) is 19.3 Å². The number of anilines is 1. The molecule has 5 heteroatoms. The van der Waals surface area contributed by atoms with Gasteiger partial charge >= 0.3 is 0 Å². The fourth-order valence-corrected chi connectivity index (χ4v) is 2.17. The van der Waals surface area contributed by atoms with Crippen molar-refractivity contribution >= 4 is 29.0 Å². The molecule has 1 fully saturated rings. The number of pyridine rings is 1. The van der Waals surface area contributed by atoms with E-state index in [2.05, 4.69) is 10.3 Å². The molecule has 1 aromatic heterocycles. The Hall–Kier alpha value is -0.510. The van der Waals surface area contributed by atoms with Gasteiger partial charge in [-0.2, -0.15) is 0 Å². The summed E-state index contributed by atoms with van der Waals surface area (Å²) in [6, 6.07) is 1.68. The third kappa shape index (κ3) is 2.19. The number of aromatic nitrogens is 1. The number of hydrogen-bond donors (Lipinski definition) is 2. The molecule has 3 nitrogen and oxygen atoms in total. The molecule has 82 valence electrons. The van der Waals surface area contributed by atoms with Crippen LogP contribution in [-0.2, 0) is 0 Å². The molecule has 1 aliphatic rings. The second-order valence-corrected chi connectivity index (χ2v) is 4.79. The summed E-state index contributed by atoms with van der Waals surface area (Å²) in [5, 5.41) is 4.40. The van der Waals surface area contributed by atoms with Crippen LogP contribution >= 0.6 is 23.2 Å². The minimum Gasteiger partial charge on any atom is -0.362 e. The van der Waals surface area contributed by atoms with Crippen LogP contribution in [0.15, 0.2) is 12.3 Å². The lowest BCUT2D eigenvalue weighted by Gasteiger charge is -2.42. The maximum Gasteiger partial charge on any atom is 0.145 e. The van der Waals surface area contributed by atoms with Gasteiger partial charge in [-0.25, -0.2) is 4.98 Å². The topological polar surface area (TPSA) is 50.9 Å². The quantitative estimate of drug-likeness (QED) is 0.862. The molecule has 2 rings (SSSR count). The molecule has 0 amide bonds. The maximum atomic E-state index is 6.02. The molecule has 1 aromatic rings. The number of nitrogens with one attached hydrogen (secondary N) is 1. The fourth-order valence-electron chi connectivity index (χ4n) is 1.74. The van der Waals surface area contributed by atoms with Gasteiger partial charge in [-0.3, -0.25) is 0 Å². The molecule has 1 heterocycles. The minimum atomic E-state index is -0.00945. The number of halogens is 2. The van der Waals surface area contributed by atoms with Crippen molar-refractivity contribution in [3.8, 4) is 0 Å². The summed E-state index contributed by atoms with van der Waals surface area (Å²) in [5.74, 6) is 0.672. The highest BCUT2D eigenvalue weighted by atomic mass is 35.5. The highest BCUT2D eigenvalue weighted by Gasteiger charge is 2.36. The average Bonchev–Trinajstić information content (AvgIpc) is 2.14. The molecule has 0 unspecified atom stereocenters. The zero-order chi connectivity index (χ0) is 10.9. The summed E-state index contributed by atoms with van der Waals surface area (Å²) >= 11 is 11.8. The van der Waals surface area contributed by atoms with Crippen molar-refractivity contribution in [2.75, 3.05) is 11.9 Å². The van der Waals surface area contributed by atoms with Crippen LogP contribution in [-0.4, -0.2) is 17.1 Å². The number of nitrogens with zero attached hydrogens (tertiary/aromatic N) is 1. The Morgan fingerprint density at radius 1 is 1.47 bits per heavy atom. The Kier molecular flexibility index (Phi) is 3.05. The zero-order valence-electron chi connectivity index (χ0n) is 8.26. The maximum absolute atomic E-state index is 6.02. The van der Waals surface area contributed by atoms with Crippen LogP contribution in [0.5, 0.6) is 0 Å². The Balaban J connectivity index is 2.16. The van der Waals surface area contributed by atoms with E-state index in [0.717, 1.165) is 12.8 Å². The van der Waals surface area contributed by atoms with E-state index in [1.807, 2.05) is 0 Å². The van der Waals surface area contributed by atoms with Gasteiger partial charge in [0.2, 0.25) is 0 Å². The molecule has 0 bridgehead atoms. The third-order valence-electron chi connectivity index (χ3n) is 2.89. The SMILES string of the molecule is NCC1(Nc2ncc(Cl)cc2Cl)CCC1. The van der Waals surface area contributed by atoms with Crippen molar-refractivity contribution in [2.45, 2.75) is 24.8 Å². The van der Waals surface area contributed by atoms with E-state index in [1.54, 1.807) is 12.3 Å². The predicted octanol–water partition coefficient (Wildman–Crippen LogP) is 2.68. The summed E-state index contributed by atoms with van der Waals surface area (Å²) in [5.41, 5.74) is 5.73. The van der Waals surface area contributed by atoms with Gasteiger partial charge in [-0.15, -0.1) is 0 Å². The van der Waals surface area contributed by atoms with Crippen molar-refractivity contribution < 1.29 is 0 Å². The fraction of sp³-hybridized carbons (Fsp3) is 0.500. The Morgan fingerprint density at radius 2 is 2.20 bits per heavy atom.